The number of hydrogen-bond donors (Lipinski definition) is 0. The molecule has 0 N–H and O–H groups in total. The minimum absolute atomic E-state index is 0.0781. The Balaban J connectivity index is 4.23. The van der Waals surface area contributed by atoms with Gasteiger partial charge in [0.1, 0.15) is 13.2 Å². The van der Waals surface area contributed by atoms with E-state index in [-0.39, 0.29) is 31.1 Å². The van der Waals surface area contributed by atoms with E-state index in [0.717, 1.165) is 96.3 Å². The highest BCUT2D eigenvalue weighted by atomic mass is 16.6. The number of allylic oxidation sites excluding steroid dienone is 8. The van der Waals surface area contributed by atoms with E-state index >= 15 is 0 Å². The minimum atomic E-state index is -0.784. The number of rotatable bonds is 65. The van der Waals surface area contributed by atoms with Gasteiger partial charge in [0.25, 0.3) is 0 Å². The van der Waals surface area contributed by atoms with Gasteiger partial charge in [-0.1, -0.05) is 352 Å². The predicted octanol–water partition coefficient (Wildman–Crippen LogP) is 24.1. The molecule has 6 heteroatoms. The summed E-state index contributed by atoms with van der Waals surface area (Å²) in [6, 6.07) is 0. The summed E-state index contributed by atoms with van der Waals surface area (Å²) in [5, 5.41) is 0. The molecular weight excluding hydrogens is 973 g/mol. The second-order valence-corrected chi connectivity index (χ2v) is 23.8. The zero-order valence-electron chi connectivity index (χ0n) is 53.2. The Morgan fingerprint density at radius 2 is 0.494 bits per heavy atom. The van der Waals surface area contributed by atoms with Crippen molar-refractivity contribution in [3.63, 3.8) is 0 Å². The fourth-order valence-electron chi connectivity index (χ4n) is 10.6. The van der Waals surface area contributed by atoms with Crippen molar-refractivity contribution in [2.75, 3.05) is 13.2 Å². The van der Waals surface area contributed by atoms with Gasteiger partial charge in [-0.3, -0.25) is 14.4 Å². The molecule has 1 unspecified atom stereocenters. The molecule has 0 aromatic heterocycles. The normalized spacial score (nSPS) is 12.3. The first kappa shape index (κ1) is 76.4. The molecule has 0 heterocycles. The fraction of sp³-hybridized carbons (Fsp3) is 0.849. The first-order valence-electron chi connectivity index (χ1n) is 35.1. The van der Waals surface area contributed by atoms with E-state index in [2.05, 4.69) is 69.4 Å². The van der Waals surface area contributed by atoms with Gasteiger partial charge < -0.3 is 14.2 Å². The van der Waals surface area contributed by atoms with Crippen LogP contribution in [0.3, 0.4) is 0 Å². The molecule has 0 saturated carbocycles. The molecule has 0 aliphatic rings. The summed E-state index contributed by atoms with van der Waals surface area (Å²) in [5.41, 5.74) is 0. The van der Waals surface area contributed by atoms with E-state index in [0.29, 0.717) is 19.3 Å². The van der Waals surface area contributed by atoms with Crippen LogP contribution in [-0.4, -0.2) is 37.2 Å². The summed E-state index contributed by atoms with van der Waals surface area (Å²) in [4.78, 5) is 38.4. The van der Waals surface area contributed by atoms with Crippen LogP contribution in [0.4, 0.5) is 0 Å². The molecule has 0 saturated heterocycles. The summed E-state index contributed by atoms with van der Waals surface area (Å²) < 4.78 is 17.0. The van der Waals surface area contributed by atoms with Crippen LogP contribution >= 0.6 is 0 Å². The lowest BCUT2D eigenvalue weighted by Crippen LogP contribution is -2.30. The van der Waals surface area contributed by atoms with E-state index < -0.39 is 6.10 Å². The monoisotopic (exact) mass is 1110 g/mol. The minimum Gasteiger partial charge on any atom is -0.462 e. The lowest BCUT2D eigenvalue weighted by Gasteiger charge is -2.18. The predicted molar refractivity (Wildman–Crippen MR) is 344 cm³/mol. The van der Waals surface area contributed by atoms with Gasteiger partial charge in [-0.05, 0) is 57.8 Å². The smallest absolute Gasteiger partial charge is 0.306 e. The average Bonchev–Trinajstić information content (AvgIpc) is 3.45. The van der Waals surface area contributed by atoms with Crippen LogP contribution in [0.1, 0.15) is 380 Å². The Labute approximate surface area is 492 Å². The van der Waals surface area contributed by atoms with Crippen molar-refractivity contribution >= 4 is 17.9 Å². The van der Waals surface area contributed by atoms with Crippen molar-refractivity contribution < 1.29 is 28.6 Å². The molecule has 0 aliphatic heterocycles. The van der Waals surface area contributed by atoms with Crippen molar-refractivity contribution in [2.24, 2.45) is 0 Å². The van der Waals surface area contributed by atoms with E-state index in [9.17, 15) is 14.4 Å². The fourth-order valence-corrected chi connectivity index (χ4v) is 10.6. The summed E-state index contributed by atoms with van der Waals surface area (Å²) in [6.07, 6.45) is 85.8. The number of carbonyl (C=O) groups is 3. The van der Waals surface area contributed by atoms with Gasteiger partial charge in [0.05, 0.1) is 0 Å². The first-order valence-corrected chi connectivity index (χ1v) is 35.1. The summed E-state index contributed by atoms with van der Waals surface area (Å²) in [7, 11) is 0. The third-order valence-electron chi connectivity index (χ3n) is 15.8. The van der Waals surface area contributed by atoms with E-state index in [1.165, 1.54) is 244 Å². The van der Waals surface area contributed by atoms with Gasteiger partial charge in [0.15, 0.2) is 6.10 Å². The second-order valence-electron chi connectivity index (χ2n) is 23.8. The van der Waals surface area contributed by atoms with Crippen LogP contribution in [-0.2, 0) is 28.6 Å². The maximum Gasteiger partial charge on any atom is 0.306 e. The zero-order chi connectivity index (χ0) is 57.1. The molecule has 0 aliphatic carbocycles. The van der Waals surface area contributed by atoms with Crippen molar-refractivity contribution in [1.82, 2.24) is 0 Å². The number of unbranched alkanes of at least 4 members (excludes halogenated alkanes) is 46. The Kier molecular flexibility index (Phi) is 65.6. The van der Waals surface area contributed by atoms with E-state index in [1.807, 2.05) is 0 Å². The number of ether oxygens (including phenoxy) is 3. The number of carbonyl (C=O) groups excluding carboxylic acids is 3. The van der Waals surface area contributed by atoms with Gasteiger partial charge in [0.2, 0.25) is 0 Å². The highest BCUT2D eigenvalue weighted by Crippen LogP contribution is 2.19. The Hall–Kier alpha value is -2.63. The quantitative estimate of drug-likeness (QED) is 0.0261. The van der Waals surface area contributed by atoms with Crippen molar-refractivity contribution in [3.05, 3.63) is 48.6 Å². The van der Waals surface area contributed by atoms with Crippen LogP contribution in [0.2, 0.25) is 0 Å². The highest BCUT2D eigenvalue weighted by Gasteiger charge is 2.19. The zero-order valence-corrected chi connectivity index (χ0v) is 53.2. The molecule has 0 amide bonds. The first-order chi connectivity index (χ1) is 39.0. The Morgan fingerprint density at radius 1 is 0.266 bits per heavy atom. The summed E-state index contributed by atoms with van der Waals surface area (Å²) in [5.74, 6) is -0.875. The maximum atomic E-state index is 12.9. The molecule has 1 atom stereocenters. The topological polar surface area (TPSA) is 78.9 Å². The SMILES string of the molecule is CC/C=C\C/C=C\C/C=C\C/C=C\CCCCCCC(=O)OC(COC(=O)CCCCCCCCCCCCCCCCCC)COC(=O)CCCCCCCCCCCCCCCCCCCCCCCCCCCCCC. The second kappa shape index (κ2) is 67.9. The maximum absolute atomic E-state index is 12.9. The molecule has 0 aromatic carbocycles. The molecule has 0 aromatic rings. The summed E-state index contributed by atoms with van der Waals surface area (Å²) >= 11 is 0. The Bertz CT molecular complexity index is 1360. The van der Waals surface area contributed by atoms with Gasteiger partial charge in [-0.2, -0.15) is 0 Å². The van der Waals surface area contributed by atoms with Gasteiger partial charge in [-0.15, -0.1) is 0 Å². The average molecular weight is 1110 g/mol. The highest BCUT2D eigenvalue weighted by molar-refractivity contribution is 5.71. The van der Waals surface area contributed by atoms with Crippen molar-refractivity contribution in [2.45, 2.75) is 386 Å². The molecule has 462 valence electrons. The lowest BCUT2D eigenvalue weighted by atomic mass is 10.0. The van der Waals surface area contributed by atoms with Crippen LogP contribution in [0.15, 0.2) is 48.6 Å². The number of esters is 3. The van der Waals surface area contributed by atoms with Gasteiger partial charge in [-0.25, -0.2) is 0 Å². The lowest BCUT2D eigenvalue weighted by molar-refractivity contribution is -0.167. The van der Waals surface area contributed by atoms with Crippen molar-refractivity contribution in [3.8, 4) is 0 Å². The van der Waals surface area contributed by atoms with Crippen LogP contribution in [0, 0.1) is 0 Å². The summed E-state index contributed by atoms with van der Waals surface area (Å²) in [6.45, 7) is 6.58. The van der Waals surface area contributed by atoms with Crippen molar-refractivity contribution in [1.29, 1.82) is 0 Å². The standard InChI is InChI=1S/C73H134O6/c1-4-7-10-13-16-19-22-25-28-31-32-33-34-35-36-37-38-39-40-41-43-45-48-51-54-57-60-63-66-72(75)78-69-70(68-77-71(74)65-62-59-56-53-50-47-44-30-27-24-21-18-15-12-9-6-3)79-73(76)67-64-61-58-55-52-49-46-42-29-26-23-20-17-14-11-8-5-2/h8,11,17,20,26,29,46,49,70H,4-7,9-10,12-16,18-19,21-25,27-28,30-45,47-48,50-69H2,1-3H3/b11-8-,20-17-,29-26-,49-46-. The molecule has 6 nitrogen and oxygen atoms in total. The molecule has 0 fully saturated rings. The third-order valence-corrected chi connectivity index (χ3v) is 15.8. The Morgan fingerprint density at radius 3 is 0.772 bits per heavy atom. The van der Waals surface area contributed by atoms with E-state index in [4.69, 9.17) is 14.2 Å². The molecule has 79 heavy (non-hydrogen) atoms. The third kappa shape index (κ3) is 66.1. The van der Waals surface area contributed by atoms with Gasteiger partial charge in [0, 0.05) is 19.3 Å². The molecule has 0 spiro atoms. The molecule has 0 bridgehead atoms. The van der Waals surface area contributed by atoms with Gasteiger partial charge >= 0.3 is 17.9 Å². The largest absolute Gasteiger partial charge is 0.462 e. The van der Waals surface area contributed by atoms with Crippen LogP contribution in [0.5, 0.6) is 0 Å². The number of hydrogen-bond acceptors (Lipinski definition) is 6. The molecule has 0 rings (SSSR count). The molecule has 0 radical (unpaired) electrons. The van der Waals surface area contributed by atoms with Crippen LogP contribution < -0.4 is 0 Å². The van der Waals surface area contributed by atoms with E-state index in [1.54, 1.807) is 0 Å². The van der Waals surface area contributed by atoms with Crippen LogP contribution in [0.25, 0.3) is 0 Å². The molecular formula is C73H134O6.